The van der Waals surface area contributed by atoms with E-state index < -0.39 is 5.76 Å². The van der Waals surface area contributed by atoms with Crippen LogP contribution >= 0.6 is 11.8 Å². The number of para-hydroxylation sites is 2. The lowest BCUT2D eigenvalue weighted by molar-refractivity contribution is -0.121. The zero-order chi connectivity index (χ0) is 19.1. The van der Waals surface area contributed by atoms with Gasteiger partial charge in [0.1, 0.15) is 6.54 Å². The van der Waals surface area contributed by atoms with E-state index in [4.69, 9.17) is 4.74 Å². The van der Waals surface area contributed by atoms with Gasteiger partial charge in [-0.3, -0.25) is 4.79 Å². The number of nitrogens with zero attached hydrogens (tertiary/aromatic N) is 2. The third-order valence-electron chi connectivity index (χ3n) is 4.66. The summed E-state index contributed by atoms with van der Waals surface area (Å²) in [5.41, 5.74) is 1.28. The number of hydrogen-bond donors (Lipinski definition) is 1. The molecule has 3 rings (SSSR count). The number of carbonyl (C=O) groups is 1. The molecule has 27 heavy (non-hydrogen) atoms. The van der Waals surface area contributed by atoms with Gasteiger partial charge in [-0.15, -0.1) is 0 Å². The number of aromatic nitrogens is 2. The van der Waals surface area contributed by atoms with Crippen LogP contribution in [0.15, 0.2) is 29.4 Å². The summed E-state index contributed by atoms with van der Waals surface area (Å²) < 4.78 is 33.0. The third-order valence-corrected chi connectivity index (χ3v) is 5.37. The Hall–Kier alpha value is -1.67. The summed E-state index contributed by atoms with van der Waals surface area (Å²) in [5.74, 6) is -2.80. The van der Waals surface area contributed by atoms with Crippen molar-refractivity contribution in [3.05, 3.63) is 24.3 Å². The van der Waals surface area contributed by atoms with Crippen LogP contribution in [0.3, 0.4) is 0 Å². The second kappa shape index (κ2) is 10.0. The van der Waals surface area contributed by atoms with Gasteiger partial charge in [-0.25, -0.2) is 4.98 Å². The molecular formula is C19H25F2N3O2S. The van der Waals surface area contributed by atoms with Crippen LogP contribution in [0.5, 0.6) is 0 Å². The first-order valence-corrected chi connectivity index (χ1v) is 10.3. The monoisotopic (exact) mass is 397 g/mol. The molecule has 8 heteroatoms. The van der Waals surface area contributed by atoms with Gasteiger partial charge in [0.05, 0.1) is 17.1 Å². The van der Waals surface area contributed by atoms with Gasteiger partial charge in [-0.1, -0.05) is 31.4 Å². The topological polar surface area (TPSA) is 56.2 Å². The summed E-state index contributed by atoms with van der Waals surface area (Å²) in [6.45, 7) is 1.11. The van der Waals surface area contributed by atoms with Gasteiger partial charge in [0.25, 0.3) is 5.76 Å². The van der Waals surface area contributed by atoms with E-state index in [1.54, 1.807) is 28.8 Å². The first kappa shape index (κ1) is 20.1. The minimum absolute atomic E-state index is 0.0287. The Morgan fingerprint density at radius 2 is 2.07 bits per heavy atom. The molecule has 0 aliphatic heterocycles. The number of alkyl halides is 2. The van der Waals surface area contributed by atoms with Gasteiger partial charge in [0, 0.05) is 13.2 Å². The molecule has 1 aromatic heterocycles. The Balaban J connectivity index is 1.48. The van der Waals surface area contributed by atoms with E-state index in [-0.39, 0.29) is 17.6 Å². The van der Waals surface area contributed by atoms with Crippen molar-refractivity contribution in [3.63, 3.8) is 0 Å². The van der Waals surface area contributed by atoms with Gasteiger partial charge in [-0.2, -0.15) is 8.78 Å². The van der Waals surface area contributed by atoms with Gasteiger partial charge in [-0.05, 0) is 43.2 Å². The number of nitrogens with one attached hydrogen (secondary N) is 1. The van der Waals surface area contributed by atoms with Crippen molar-refractivity contribution >= 4 is 28.7 Å². The lowest BCUT2D eigenvalue weighted by Gasteiger charge is -2.21. The fourth-order valence-electron chi connectivity index (χ4n) is 3.36. The Morgan fingerprint density at radius 3 is 2.85 bits per heavy atom. The number of benzene rings is 1. The molecule has 148 valence electrons. The molecule has 2 aromatic rings. The fourth-order valence-corrected chi connectivity index (χ4v) is 3.96. The zero-order valence-electron chi connectivity index (χ0n) is 15.2. The van der Waals surface area contributed by atoms with Crippen molar-refractivity contribution in [2.75, 3.05) is 13.2 Å². The first-order chi connectivity index (χ1) is 13.1. The van der Waals surface area contributed by atoms with Crippen LogP contribution in [0.25, 0.3) is 11.0 Å². The number of imidazole rings is 1. The Bertz CT molecular complexity index is 748. The van der Waals surface area contributed by atoms with Gasteiger partial charge in [0.15, 0.2) is 5.16 Å². The molecule has 1 heterocycles. The van der Waals surface area contributed by atoms with Crippen LogP contribution in [-0.4, -0.2) is 40.5 Å². The highest BCUT2D eigenvalue weighted by molar-refractivity contribution is 7.99. The van der Waals surface area contributed by atoms with E-state index in [0.717, 1.165) is 19.3 Å². The van der Waals surface area contributed by atoms with Crippen molar-refractivity contribution in [1.29, 1.82) is 0 Å². The minimum atomic E-state index is -2.58. The maximum Gasteiger partial charge on any atom is 0.291 e. The van der Waals surface area contributed by atoms with Crippen LogP contribution in [0, 0.1) is 0 Å². The van der Waals surface area contributed by atoms with Crippen LogP contribution in [-0.2, 0) is 16.1 Å². The molecule has 0 bridgehead atoms. The van der Waals surface area contributed by atoms with Crippen LogP contribution < -0.4 is 5.32 Å². The van der Waals surface area contributed by atoms with E-state index in [0.29, 0.717) is 42.1 Å². The quantitative estimate of drug-likeness (QED) is 0.509. The van der Waals surface area contributed by atoms with E-state index >= 15 is 0 Å². The number of ether oxygens (including phenoxy) is 1. The summed E-state index contributed by atoms with van der Waals surface area (Å²) in [6, 6.07) is 7.13. The van der Waals surface area contributed by atoms with Crippen LogP contribution in [0.2, 0.25) is 0 Å². The SMILES string of the molecule is O=C(Cn1c(SC(F)F)nc2ccccc21)NCCCOC1CCCCC1. The maximum atomic E-state index is 12.8. The Morgan fingerprint density at radius 1 is 1.30 bits per heavy atom. The second-order valence-corrected chi connectivity index (χ2v) is 7.64. The Labute approximate surface area is 161 Å². The van der Waals surface area contributed by atoms with Gasteiger partial charge >= 0.3 is 0 Å². The van der Waals surface area contributed by atoms with E-state index in [1.165, 1.54) is 19.3 Å². The molecule has 1 saturated carbocycles. The molecule has 1 aliphatic carbocycles. The molecule has 1 N–H and O–H groups in total. The predicted molar refractivity (Wildman–Crippen MR) is 102 cm³/mol. The molecule has 0 unspecified atom stereocenters. The van der Waals surface area contributed by atoms with Crippen molar-refractivity contribution < 1.29 is 18.3 Å². The summed E-state index contributed by atoms with van der Waals surface area (Å²) >= 11 is 0.359. The molecule has 0 saturated heterocycles. The first-order valence-electron chi connectivity index (χ1n) is 9.42. The van der Waals surface area contributed by atoms with Crippen LogP contribution in [0.4, 0.5) is 8.78 Å². The number of halogens is 2. The van der Waals surface area contributed by atoms with Crippen molar-refractivity contribution in [2.24, 2.45) is 0 Å². The number of fused-ring (bicyclic) bond motifs is 1. The highest BCUT2D eigenvalue weighted by atomic mass is 32.2. The molecular weight excluding hydrogens is 372 g/mol. The molecule has 5 nitrogen and oxygen atoms in total. The van der Waals surface area contributed by atoms with Crippen molar-refractivity contribution in [3.8, 4) is 0 Å². The van der Waals surface area contributed by atoms with Crippen molar-refractivity contribution in [2.45, 2.75) is 62.1 Å². The average molecular weight is 397 g/mol. The number of hydrogen-bond acceptors (Lipinski definition) is 4. The highest BCUT2D eigenvalue weighted by Gasteiger charge is 2.18. The average Bonchev–Trinajstić information content (AvgIpc) is 2.99. The predicted octanol–water partition coefficient (Wildman–Crippen LogP) is 4.21. The second-order valence-electron chi connectivity index (χ2n) is 6.68. The fraction of sp³-hybridized carbons (Fsp3) is 0.579. The molecule has 1 aromatic carbocycles. The maximum absolute atomic E-state index is 12.8. The van der Waals surface area contributed by atoms with E-state index in [1.807, 2.05) is 0 Å². The van der Waals surface area contributed by atoms with Crippen molar-refractivity contribution in [1.82, 2.24) is 14.9 Å². The zero-order valence-corrected chi connectivity index (χ0v) is 16.0. The normalized spacial score (nSPS) is 15.5. The molecule has 0 atom stereocenters. The number of carbonyl (C=O) groups excluding carboxylic acids is 1. The molecule has 0 radical (unpaired) electrons. The third kappa shape index (κ3) is 5.90. The summed E-state index contributed by atoms with van der Waals surface area (Å²) in [6.07, 6.45) is 7.13. The largest absolute Gasteiger partial charge is 0.378 e. The lowest BCUT2D eigenvalue weighted by atomic mass is 9.98. The summed E-state index contributed by atoms with van der Waals surface area (Å²) in [7, 11) is 0. The van der Waals surface area contributed by atoms with Gasteiger partial charge < -0.3 is 14.6 Å². The molecule has 1 amide bonds. The minimum Gasteiger partial charge on any atom is -0.378 e. The smallest absolute Gasteiger partial charge is 0.291 e. The number of amides is 1. The summed E-state index contributed by atoms with van der Waals surface area (Å²) in [4.78, 5) is 16.5. The highest BCUT2D eigenvalue weighted by Crippen LogP contribution is 2.28. The standard InChI is InChI=1S/C19H25F2N3O2S/c20-18(21)27-19-23-15-9-4-5-10-16(15)24(19)13-17(25)22-11-6-12-26-14-7-2-1-3-8-14/h4-5,9-10,14,18H,1-3,6-8,11-13H2,(H,22,25). The Kier molecular flexibility index (Phi) is 7.46. The molecule has 1 fully saturated rings. The molecule has 0 spiro atoms. The number of rotatable bonds is 9. The number of thioether (sulfide) groups is 1. The van der Waals surface area contributed by atoms with Gasteiger partial charge in [0.2, 0.25) is 5.91 Å². The van der Waals surface area contributed by atoms with E-state index in [9.17, 15) is 13.6 Å². The molecule has 1 aliphatic rings. The summed E-state index contributed by atoms with van der Waals surface area (Å²) in [5, 5.41) is 2.99. The van der Waals surface area contributed by atoms with E-state index in [2.05, 4.69) is 10.3 Å². The lowest BCUT2D eigenvalue weighted by Crippen LogP contribution is -2.29. The van der Waals surface area contributed by atoms with Crippen LogP contribution in [0.1, 0.15) is 38.5 Å².